The van der Waals surface area contributed by atoms with Gasteiger partial charge in [0.05, 0.1) is 16.1 Å². The van der Waals surface area contributed by atoms with Gasteiger partial charge in [-0.25, -0.2) is 9.38 Å². The molecule has 2 heterocycles. The molecule has 4 rings (SSSR count). The first-order chi connectivity index (χ1) is 15.2. The average molecular weight is 470 g/mol. The number of fused-ring (bicyclic) bond motifs is 1. The average Bonchev–Trinajstić information content (AvgIpc) is 3.06. The van der Waals surface area contributed by atoms with Gasteiger partial charge in [0.2, 0.25) is 0 Å². The fraction of sp³-hybridized carbons (Fsp3) is 0.280. The van der Waals surface area contributed by atoms with Crippen molar-refractivity contribution in [1.82, 2.24) is 5.32 Å². The summed E-state index contributed by atoms with van der Waals surface area (Å²) >= 11 is 7.10. The summed E-state index contributed by atoms with van der Waals surface area (Å²) in [5.74, 6) is -0.639. The van der Waals surface area contributed by atoms with Crippen LogP contribution in [0.15, 0.2) is 52.4 Å². The second-order valence-electron chi connectivity index (χ2n) is 8.48. The maximum Gasteiger partial charge on any atom is 0.264 e. The van der Waals surface area contributed by atoms with Crippen molar-refractivity contribution >= 4 is 57.5 Å². The molecule has 0 aromatic heterocycles. The van der Waals surface area contributed by atoms with Crippen LogP contribution in [0.5, 0.6) is 0 Å². The van der Waals surface area contributed by atoms with Crippen molar-refractivity contribution in [1.29, 1.82) is 0 Å². The molecule has 0 aliphatic carbocycles. The summed E-state index contributed by atoms with van der Waals surface area (Å²) in [6, 6.07) is 10.4. The van der Waals surface area contributed by atoms with Crippen molar-refractivity contribution in [3.05, 3.63) is 69.3 Å². The van der Waals surface area contributed by atoms with Gasteiger partial charge < -0.3 is 10.2 Å². The normalized spacial score (nSPS) is 19.9. The van der Waals surface area contributed by atoms with E-state index in [9.17, 15) is 4.79 Å². The summed E-state index contributed by atoms with van der Waals surface area (Å²) in [5.41, 5.74) is 3.86. The summed E-state index contributed by atoms with van der Waals surface area (Å²) < 4.78 is 15.2. The lowest BCUT2D eigenvalue weighted by molar-refractivity contribution is -0.115. The summed E-state index contributed by atoms with van der Waals surface area (Å²) in [6.45, 7) is 9.29. The zero-order chi connectivity index (χ0) is 23.0. The fourth-order valence-electron chi connectivity index (χ4n) is 4.11. The number of amidine groups is 1. The van der Waals surface area contributed by atoms with Crippen LogP contribution in [0.1, 0.15) is 45.2 Å². The predicted molar refractivity (Wildman–Crippen MR) is 134 cm³/mol. The highest BCUT2D eigenvalue weighted by atomic mass is 35.5. The Kier molecular flexibility index (Phi) is 6.19. The molecule has 0 bridgehead atoms. The number of hydrogen-bond donors (Lipinski definition) is 1. The van der Waals surface area contributed by atoms with Gasteiger partial charge in [0.25, 0.3) is 5.91 Å². The Bertz CT molecular complexity index is 1170. The van der Waals surface area contributed by atoms with E-state index in [2.05, 4.69) is 42.1 Å². The van der Waals surface area contributed by atoms with Crippen molar-refractivity contribution in [3.8, 4) is 0 Å². The number of nitrogens with zero attached hydrogens (tertiary/aromatic N) is 2. The van der Waals surface area contributed by atoms with Crippen molar-refractivity contribution in [2.24, 2.45) is 4.99 Å². The Balaban J connectivity index is 1.67. The van der Waals surface area contributed by atoms with Gasteiger partial charge in [-0.2, -0.15) is 0 Å². The molecule has 4 nitrogen and oxygen atoms in total. The quantitative estimate of drug-likeness (QED) is 0.502. The third-order valence-electron chi connectivity index (χ3n) is 5.54. The van der Waals surface area contributed by atoms with E-state index >= 15 is 4.39 Å². The highest BCUT2D eigenvalue weighted by Gasteiger charge is 2.32. The molecule has 7 heteroatoms. The molecule has 1 saturated heterocycles. The molecule has 0 atom stereocenters. The van der Waals surface area contributed by atoms with E-state index in [1.807, 2.05) is 13.0 Å². The number of anilines is 1. The van der Waals surface area contributed by atoms with E-state index in [1.165, 1.54) is 11.8 Å². The van der Waals surface area contributed by atoms with Crippen LogP contribution in [0.3, 0.4) is 0 Å². The zero-order valence-corrected chi connectivity index (χ0v) is 20.1. The molecule has 0 radical (unpaired) electrons. The third kappa shape index (κ3) is 4.48. The SMILES string of the molecule is CCCN1c2cc(F)c(/C=C3/SC(=Nc4ccc(Cl)cc4)NC3=O)cc2C(C)=CC1(C)C. The van der Waals surface area contributed by atoms with Crippen LogP contribution in [-0.2, 0) is 4.79 Å². The van der Waals surface area contributed by atoms with E-state index in [-0.39, 0.29) is 17.3 Å². The van der Waals surface area contributed by atoms with Gasteiger partial charge in [0.1, 0.15) is 5.82 Å². The smallest absolute Gasteiger partial charge is 0.264 e. The summed E-state index contributed by atoms with van der Waals surface area (Å²) in [5, 5.41) is 3.81. The number of carbonyl (C=O) groups excluding carboxylic acids is 1. The number of nitrogens with one attached hydrogen (secondary N) is 1. The van der Waals surface area contributed by atoms with Gasteiger partial charge in [0.15, 0.2) is 5.17 Å². The number of benzene rings is 2. The van der Waals surface area contributed by atoms with Crippen LogP contribution in [0.25, 0.3) is 11.6 Å². The summed E-state index contributed by atoms with van der Waals surface area (Å²) in [4.78, 5) is 19.5. The number of halogens is 2. The minimum absolute atomic E-state index is 0.187. The van der Waals surface area contributed by atoms with Crippen LogP contribution in [0.4, 0.5) is 15.8 Å². The lowest BCUT2D eigenvalue weighted by Gasteiger charge is -2.43. The summed E-state index contributed by atoms with van der Waals surface area (Å²) in [7, 11) is 0. The Labute approximate surface area is 197 Å². The molecule has 0 spiro atoms. The molecular formula is C25H25ClFN3OS. The molecule has 2 aliphatic rings. The second-order valence-corrected chi connectivity index (χ2v) is 9.95. The number of carbonyl (C=O) groups is 1. The minimum Gasteiger partial charge on any atom is -0.362 e. The van der Waals surface area contributed by atoms with Crippen LogP contribution in [0.2, 0.25) is 5.02 Å². The van der Waals surface area contributed by atoms with Crippen molar-refractivity contribution in [2.75, 3.05) is 11.4 Å². The molecule has 166 valence electrons. The lowest BCUT2D eigenvalue weighted by atomic mass is 9.87. The number of hydrogen-bond acceptors (Lipinski definition) is 4. The maximum atomic E-state index is 15.2. The molecule has 1 amide bonds. The molecule has 32 heavy (non-hydrogen) atoms. The van der Waals surface area contributed by atoms with Crippen molar-refractivity contribution < 1.29 is 9.18 Å². The molecule has 1 fully saturated rings. The van der Waals surface area contributed by atoms with Crippen LogP contribution >= 0.6 is 23.4 Å². The summed E-state index contributed by atoms with van der Waals surface area (Å²) in [6.07, 6.45) is 4.78. The lowest BCUT2D eigenvalue weighted by Crippen LogP contribution is -2.45. The first-order valence-electron chi connectivity index (χ1n) is 10.5. The highest BCUT2D eigenvalue weighted by Crippen LogP contribution is 2.41. The van der Waals surface area contributed by atoms with E-state index in [0.29, 0.717) is 26.3 Å². The zero-order valence-electron chi connectivity index (χ0n) is 18.5. The molecule has 1 N–H and O–H groups in total. The van der Waals surface area contributed by atoms with Gasteiger partial charge in [0, 0.05) is 28.4 Å². The van der Waals surface area contributed by atoms with Gasteiger partial charge in [-0.3, -0.25) is 4.79 Å². The van der Waals surface area contributed by atoms with Crippen LogP contribution < -0.4 is 10.2 Å². The topological polar surface area (TPSA) is 44.7 Å². The van der Waals surface area contributed by atoms with E-state index in [4.69, 9.17) is 11.6 Å². The Morgan fingerprint density at radius 2 is 1.97 bits per heavy atom. The van der Waals surface area contributed by atoms with Gasteiger partial charge in [-0.05, 0) is 87.0 Å². The fourth-order valence-corrected chi connectivity index (χ4v) is 5.07. The van der Waals surface area contributed by atoms with Crippen molar-refractivity contribution in [2.45, 2.75) is 39.7 Å². The predicted octanol–water partition coefficient (Wildman–Crippen LogP) is 6.78. The Hall–Kier alpha value is -2.57. The number of amides is 1. The van der Waals surface area contributed by atoms with Crippen LogP contribution in [-0.4, -0.2) is 23.2 Å². The molecule has 0 saturated carbocycles. The standard InChI is InChI=1S/C25H25ClFN3OS/c1-5-10-30-21-13-20(27)16(11-19(21)15(2)14-25(30,3)4)12-22-23(31)29-24(32-22)28-18-8-6-17(26)7-9-18/h6-9,11-14H,5,10H2,1-4H3,(H,28,29,31)/b22-12+. The van der Waals surface area contributed by atoms with E-state index in [1.54, 1.807) is 36.4 Å². The first kappa shape index (κ1) is 22.6. The van der Waals surface area contributed by atoms with E-state index in [0.717, 1.165) is 29.8 Å². The third-order valence-corrected chi connectivity index (χ3v) is 6.70. The Morgan fingerprint density at radius 3 is 2.66 bits per heavy atom. The van der Waals surface area contributed by atoms with Crippen LogP contribution in [0, 0.1) is 5.82 Å². The second kappa shape index (κ2) is 8.75. The number of allylic oxidation sites excluding steroid dienone is 1. The monoisotopic (exact) mass is 469 g/mol. The number of aliphatic imine (C=N–C) groups is 1. The first-order valence-corrected chi connectivity index (χ1v) is 11.7. The number of thioether (sulfide) groups is 1. The molecular weight excluding hydrogens is 445 g/mol. The van der Waals surface area contributed by atoms with E-state index < -0.39 is 0 Å². The highest BCUT2D eigenvalue weighted by molar-refractivity contribution is 8.18. The minimum atomic E-state index is -0.348. The molecule has 0 unspecified atom stereocenters. The van der Waals surface area contributed by atoms with Gasteiger partial charge in [-0.15, -0.1) is 0 Å². The maximum absolute atomic E-state index is 15.2. The molecule has 2 aromatic rings. The Morgan fingerprint density at radius 1 is 1.25 bits per heavy atom. The molecule has 2 aromatic carbocycles. The van der Waals surface area contributed by atoms with Gasteiger partial charge in [-0.1, -0.05) is 24.6 Å². The number of rotatable bonds is 4. The largest absolute Gasteiger partial charge is 0.362 e. The van der Waals surface area contributed by atoms with Crippen molar-refractivity contribution in [3.63, 3.8) is 0 Å². The molecule has 2 aliphatic heterocycles. The van der Waals surface area contributed by atoms with Gasteiger partial charge >= 0.3 is 0 Å².